The maximum atomic E-state index is 12.0. The van der Waals surface area contributed by atoms with Gasteiger partial charge in [-0.1, -0.05) is 30.3 Å². The largest absolute Gasteiger partial charge is 0.488 e. The van der Waals surface area contributed by atoms with Crippen LogP contribution in [0.1, 0.15) is 16.7 Å². The molecule has 3 aromatic rings. The summed E-state index contributed by atoms with van der Waals surface area (Å²) in [5.74, 6) is 0.742. The van der Waals surface area contributed by atoms with Gasteiger partial charge in [-0.25, -0.2) is 10.2 Å². The summed E-state index contributed by atoms with van der Waals surface area (Å²) in [5, 5.41) is 6.75. The van der Waals surface area contributed by atoms with E-state index >= 15 is 0 Å². The summed E-state index contributed by atoms with van der Waals surface area (Å²) in [6.07, 6.45) is 1.57. The van der Waals surface area contributed by atoms with E-state index in [2.05, 4.69) is 66.5 Å². The van der Waals surface area contributed by atoms with Gasteiger partial charge >= 0.3 is 6.03 Å². The van der Waals surface area contributed by atoms with E-state index in [1.165, 1.54) is 3.57 Å². The van der Waals surface area contributed by atoms with Crippen LogP contribution in [0.4, 0.5) is 10.5 Å². The highest BCUT2D eigenvalue weighted by molar-refractivity contribution is 14.1. The number of para-hydroxylation sites is 1. The number of anilines is 1. The van der Waals surface area contributed by atoms with Crippen LogP contribution in [0, 0.1) is 10.5 Å². The number of hydrogen-bond donors (Lipinski definition) is 2. The third kappa shape index (κ3) is 6.57. The number of nitrogens with zero attached hydrogens (tertiary/aromatic N) is 1. The zero-order chi connectivity index (χ0) is 20.6. The molecular formula is C22H19BrIN3O2. The molecule has 0 aliphatic rings. The van der Waals surface area contributed by atoms with E-state index in [1.54, 1.807) is 6.21 Å². The number of ether oxygens (including phenoxy) is 1. The SMILES string of the molecule is Cc1ccccc1NC(=O)NN=Cc1ccc(OCc2ccc(I)cc2)c(Br)c1. The predicted octanol–water partition coefficient (Wildman–Crippen LogP) is 6.10. The van der Waals surface area contributed by atoms with Crippen LogP contribution in [0.15, 0.2) is 76.3 Å². The van der Waals surface area contributed by atoms with Crippen molar-refractivity contribution in [2.75, 3.05) is 5.32 Å². The maximum Gasteiger partial charge on any atom is 0.339 e. The summed E-state index contributed by atoms with van der Waals surface area (Å²) >= 11 is 5.79. The van der Waals surface area contributed by atoms with Crippen LogP contribution in [0.25, 0.3) is 0 Å². The van der Waals surface area contributed by atoms with Crippen LogP contribution in [0.3, 0.4) is 0 Å². The number of hydrazone groups is 1. The molecule has 0 atom stereocenters. The molecule has 7 heteroatoms. The van der Waals surface area contributed by atoms with Crippen LogP contribution >= 0.6 is 38.5 Å². The number of halogens is 2. The lowest BCUT2D eigenvalue weighted by atomic mass is 10.2. The van der Waals surface area contributed by atoms with Crippen molar-refractivity contribution < 1.29 is 9.53 Å². The van der Waals surface area contributed by atoms with E-state index in [0.717, 1.165) is 32.6 Å². The zero-order valence-corrected chi connectivity index (χ0v) is 19.4. The molecule has 2 amide bonds. The van der Waals surface area contributed by atoms with Crippen LogP contribution in [0.5, 0.6) is 5.75 Å². The Morgan fingerprint density at radius 1 is 1.14 bits per heavy atom. The lowest BCUT2D eigenvalue weighted by molar-refractivity contribution is 0.252. The molecule has 0 radical (unpaired) electrons. The van der Waals surface area contributed by atoms with E-state index in [9.17, 15) is 4.79 Å². The van der Waals surface area contributed by atoms with Gasteiger partial charge in [0.1, 0.15) is 12.4 Å². The number of carbonyl (C=O) groups excluding carboxylic acids is 1. The topological polar surface area (TPSA) is 62.7 Å². The summed E-state index contributed by atoms with van der Waals surface area (Å²) in [4.78, 5) is 12.0. The molecule has 5 nitrogen and oxygen atoms in total. The van der Waals surface area contributed by atoms with Crippen LogP contribution in [-0.2, 0) is 6.61 Å². The number of nitrogens with one attached hydrogen (secondary N) is 2. The third-order valence-corrected chi connectivity index (χ3v) is 5.38. The summed E-state index contributed by atoms with van der Waals surface area (Å²) < 4.78 is 7.87. The highest BCUT2D eigenvalue weighted by Gasteiger charge is 2.04. The van der Waals surface area contributed by atoms with Gasteiger partial charge in [-0.3, -0.25) is 0 Å². The van der Waals surface area contributed by atoms with Gasteiger partial charge in [-0.15, -0.1) is 0 Å². The second-order valence-corrected chi connectivity index (χ2v) is 8.34. The monoisotopic (exact) mass is 563 g/mol. The fraction of sp³-hybridized carbons (Fsp3) is 0.0909. The first-order valence-electron chi connectivity index (χ1n) is 8.84. The number of benzene rings is 3. The van der Waals surface area contributed by atoms with Crippen molar-refractivity contribution in [2.24, 2.45) is 5.10 Å². The van der Waals surface area contributed by atoms with Crippen molar-refractivity contribution in [3.63, 3.8) is 0 Å². The van der Waals surface area contributed by atoms with E-state index in [0.29, 0.717) is 6.61 Å². The molecule has 0 bridgehead atoms. The summed E-state index contributed by atoms with van der Waals surface area (Å²) in [7, 11) is 0. The molecule has 148 valence electrons. The standard InChI is InChI=1S/C22H19BrIN3O2/c1-15-4-2-3-5-20(15)26-22(28)27-25-13-17-8-11-21(19(23)12-17)29-14-16-6-9-18(24)10-7-16/h2-13H,14H2,1H3,(H2,26,27,28). The molecule has 0 aliphatic heterocycles. The molecule has 0 aromatic heterocycles. The zero-order valence-electron chi connectivity index (χ0n) is 15.7. The van der Waals surface area contributed by atoms with Gasteiger partial charge in [0, 0.05) is 9.26 Å². The highest BCUT2D eigenvalue weighted by Crippen LogP contribution is 2.26. The minimum Gasteiger partial charge on any atom is -0.488 e. The Balaban J connectivity index is 1.53. The minimum atomic E-state index is -0.396. The average molecular weight is 564 g/mol. The second kappa shape index (κ2) is 10.4. The minimum absolute atomic E-state index is 0.396. The van der Waals surface area contributed by atoms with E-state index in [1.807, 2.05) is 61.5 Å². The van der Waals surface area contributed by atoms with E-state index in [-0.39, 0.29) is 0 Å². The fourth-order valence-electron chi connectivity index (χ4n) is 2.49. The Morgan fingerprint density at radius 2 is 1.90 bits per heavy atom. The quantitative estimate of drug-likeness (QED) is 0.216. The van der Waals surface area contributed by atoms with Crippen LogP contribution in [-0.4, -0.2) is 12.2 Å². The van der Waals surface area contributed by atoms with Gasteiger partial charge in [0.2, 0.25) is 0 Å². The molecule has 2 N–H and O–H groups in total. The van der Waals surface area contributed by atoms with Gasteiger partial charge in [-0.2, -0.15) is 5.10 Å². The van der Waals surface area contributed by atoms with Crippen LogP contribution in [0.2, 0.25) is 0 Å². The Bertz CT molecular complexity index is 1020. The van der Waals surface area contributed by atoms with Crippen molar-refractivity contribution in [1.29, 1.82) is 0 Å². The van der Waals surface area contributed by atoms with E-state index < -0.39 is 6.03 Å². The van der Waals surface area contributed by atoms with Gasteiger partial charge in [0.05, 0.1) is 10.7 Å². The average Bonchev–Trinajstić information content (AvgIpc) is 2.70. The fourth-order valence-corrected chi connectivity index (χ4v) is 3.36. The van der Waals surface area contributed by atoms with Gasteiger partial charge in [0.15, 0.2) is 0 Å². The predicted molar refractivity (Wildman–Crippen MR) is 129 cm³/mol. The first kappa shape index (κ1) is 21.3. The summed E-state index contributed by atoms with van der Waals surface area (Å²) in [5.41, 5.74) is 6.13. The molecule has 0 fully saturated rings. The molecular weight excluding hydrogens is 545 g/mol. The molecule has 0 aliphatic carbocycles. The van der Waals surface area contributed by atoms with Crippen molar-refractivity contribution in [3.8, 4) is 5.75 Å². The Hall–Kier alpha value is -2.39. The van der Waals surface area contributed by atoms with Gasteiger partial charge < -0.3 is 10.1 Å². The molecule has 3 rings (SSSR count). The van der Waals surface area contributed by atoms with Crippen molar-refractivity contribution in [1.82, 2.24) is 5.43 Å². The molecule has 0 unspecified atom stereocenters. The number of amides is 2. The van der Waals surface area contributed by atoms with Crippen molar-refractivity contribution >= 4 is 56.5 Å². The lowest BCUT2D eigenvalue weighted by Crippen LogP contribution is -2.24. The molecule has 0 saturated heterocycles. The molecule has 29 heavy (non-hydrogen) atoms. The van der Waals surface area contributed by atoms with Crippen LogP contribution < -0.4 is 15.5 Å². The molecule has 3 aromatic carbocycles. The number of hydrogen-bond acceptors (Lipinski definition) is 3. The Morgan fingerprint density at radius 3 is 2.62 bits per heavy atom. The van der Waals surface area contributed by atoms with Gasteiger partial charge in [-0.05, 0) is 98.5 Å². The summed E-state index contributed by atoms with van der Waals surface area (Å²) in [6, 6.07) is 21.0. The first-order chi connectivity index (χ1) is 14.0. The smallest absolute Gasteiger partial charge is 0.339 e. The van der Waals surface area contributed by atoms with Crippen molar-refractivity contribution in [2.45, 2.75) is 13.5 Å². The first-order valence-corrected chi connectivity index (χ1v) is 10.7. The lowest BCUT2D eigenvalue weighted by Gasteiger charge is -2.09. The number of carbonyl (C=O) groups is 1. The molecule has 0 heterocycles. The second-order valence-electron chi connectivity index (χ2n) is 6.24. The number of rotatable bonds is 6. The van der Waals surface area contributed by atoms with Crippen molar-refractivity contribution in [3.05, 3.63) is 91.5 Å². The van der Waals surface area contributed by atoms with Gasteiger partial charge in [0.25, 0.3) is 0 Å². The third-order valence-electron chi connectivity index (χ3n) is 4.04. The molecule has 0 spiro atoms. The highest BCUT2D eigenvalue weighted by atomic mass is 127. The molecule has 0 saturated carbocycles. The number of aryl methyl sites for hydroxylation is 1. The Kier molecular flexibility index (Phi) is 7.65. The Labute approximate surface area is 191 Å². The van der Waals surface area contributed by atoms with E-state index in [4.69, 9.17) is 4.74 Å². The summed E-state index contributed by atoms with van der Waals surface area (Å²) in [6.45, 7) is 2.42. The number of urea groups is 1. The normalized spacial score (nSPS) is 10.7. The maximum absolute atomic E-state index is 12.0.